The van der Waals surface area contributed by atoms with E-state index in [1.807, 2.05) is 13.8 Å². The van der Waals surface area contributed by atoms with Gasteiger partial charge in [-0.05, 0) is 38.6 Å². The first kappa shape index (κ1) is 15.5. The summed E-state index contributed by atoms with van der Waals surface area (Å²) in [5.74, 6) is 0.431. The van der Waals surface area contributed by atoms with E-state index in [4.69, 9.17) is 4.74 Å². The van der Waals surface area contributed by atoms with Gasteiger partial charge in [-0.1, -0.05) is 6.07 Å². The number of nitrogens with one attached hydrogen (secondary N) is 2. The zero-order valence-electron chi connectivity index (χ0n) is 11.9. The third kappa shape index (κ3) is 4.22. The fourth-order valence-corrected chi connectivity index (χ4v) is 1.75. The largest absolute Gasteiger partial charge is 0.492 e. The van der Waals surface area contributed by atoms with E-state index in [1.165, 1.54) is 6.92 Å². The Morgan fingerprint density at radius 1 is 1.47 bits per heavy atom. The molecule has 0 aliphatic heterocycles. The number of amides is 1. The van der Waals surface area contributed by atoms with E-state index in [9.17, 15) is 9.90 Å². The number of anilines is 1. The second-order valence-corrected chi connectivity index (χ2v) is 4.39. The molecule has 0 aliphatic rings. The summed E-state index contributed by atoms with van der Waals surface area (Å²) in [5, 5.41) is 15.9. The van der Waals surface area contributed by atoms with Gasteiger partial charge in [0.25, 0.3) is 0 Å². The molecule has 0 aromatic heterocycles. The topological polar surface area (TPSA) is 70.6 Å². The highest BCUT2D eigenvalue weighted by atomic mass is 16.5. The van der Waals surface area contributed by atoms with Crippen LogP contribution in [-0.4, -0.2) is 30.7 Å². The van der Waals surface area contributed by atoms with Crippen LogP contribution in [0, 0.1) is 0 Å². The number of hydrogen-bond donors (Lipinski definition) is 3. The van der Waals surface area contributed by atoms with Crippen LogP contribution in [0.2, 0.25) is 0 Å². The van der Waals surface area contributed by atoms with E-state index in [2.05, 4.69) is 10.6 Å². The molecule has 1 amide bonds. The predicted octanol–water partition coefficient (Wildman–Crippen LogP) is 1.68. The second kappa shape index (κ2) is 7.11. The first-order valence-corrected chi connectivity index (χ1v) is 6.39. The Hall–Kier alpha value is -1.59. The van der Waals surface area contributed by atoms with Gasteiger partial charge in [-0.2, -0.15) is 0 Å². The van der Waals surface area contributed by atoms with Gasteiger partial charge in [0, 0.05) is 13.0 Å². The fraction of sp³-hybridized carbons (Fsp3) is 0.500. The van der Waals surface area contributed by atoms with Crippen molar-refractivity contribution in [1.29, 1.82) is 0 Å². The van der Waals surface area contributed by atoms with Gasteiger partial charge in [-0.25, -0.2) is 0 Å². The lowest BCUT2D eigenvalue weighted by molar-refractivity contribution is -0.114. The molecule has 106 valence electrons. The summed E-state index contributed by atoms with van der Waals surface area (Å²) in [6.45, 7) is 5.72. The SMILES string of the molecule is CCOc1ccc(C(O)C(C)NC)cc1NC(C)=O. The number of likely N-dealkylation sites (N-methyl/N-ethyl adjacent to an activating group) is 1. The van der Waals surface area contributed by atoms with Gasteiger partial charge < -0.3 is 20.5 Å². The van der Waals surface area contributed by atoms with Gasteiger partial charge in [0.05, 0.1) is 18.4 Å². The van der Waals surface area contributed by atoms with Crippen LogP contribution in [0.5, 0.6) is 5.75 Å². The highest BCUT2D eigenvalue weighted by molar-refractivity contribution is 5.90. The third-order valence-electron chi connectivity index (χ3n) is 2.88. The molecule has 0 heterocycles. The highest BCUT2D eigenvalue weighted by Gasteiger charge is 2.16. The molecule has 1 aromatic rings. The number of ether oxygens (including phenoxy) is 1. The molecule has 0 spiro atoms. The van der Waals surface area contributed by atoms with Gasteiger partial charge in [-0.3, -0.25) is 4.79 Å². The number of benzene rings is 1. The molecule has 1 aromatic carbocycles. The zero-order valence-corrected chi connectivity index (χ0v) is 11.9. The summed E-state index contributed by atoms with van der Waals surface area (Å²) in [6, 6.07) is 5.22. The highest BCUT2D eigenvalue weighted by Crippen LogP contribution is 2.29. The molecule has 0 radical (unpaired) electrons. The summed E-state index contributed by atoms with van der Waals surface area (Å²) in [4.78, 5) is 11.2. The quantitative estimate of drug-likeness (QED) is 0.732. The summed E-state index contributed by atoms with van der Waals surface area (Å²) < 4.78 is 5.45. The maximum absolute atomic E-state index is 11.2. The molecule has 0 fully saturated rings. The minimum Gasteiger partial charge on any atom is -0.492 e. The van der Waals surface area contributed by atoms with Crippen LogP contribution < -0.4 is 15.4 Å². The molecule has 0 aliphatic carbocycles. The number of carbonyl (C=O) groups is 1. The van der Waals surface area contributed by atoms with E-state index < -0.39 is 6.10 Å². The van der Waals surface area contributed by atoms with Gasteiger partial charge in [0.1, 0.15) is 5.75 Å². The lowest BCUT2D eigenvalue weighted by Gasteiger charge is -2.20. The summed E-state index contributed by atoms with van der Waals surface area (Å²) in [5.41, 5.74) is 1.31. The first-order chi connectivity index (χ1) is 8.99. The average Bonchev–Trinajstić information content (AvgIpc) is 2.38. The summed E-state index contributed by atoms with van der Waals surface area (Å²) >= 11 is 0. The van der Waals surface area contributed by atoms with E-state index >= 15 is 0 Å². The maximum Gasteiger partial charge on any atom is 0.221 e. The van der Waals surface area contributed by atoms with Crippen molar-refractivity contribution in [2.75, 3.05) is 19.0 Å². The van der Waals surface area contributed by atoms with Gasteiger partial charge in [0.2, 0.25) is 5.91 Å². The predicted molar refractivity (Wildman–Crippen MR) is 75.4 cm³/mol. The van der Waals surface area contributed by atoms with Crippen LogP contribution in [0.4, 0.5) is 5.69 Å². The van der Waals surface area contributed by atoms with Crippen LogP contribution in [0.1, 0.15) is 32.4 Å². The lowest BCUT2D eigenvalue weighted by atomic mass is 10.0. The van der Waals surface area contributed by atoms with E-state index in [0.29, 0.717) is 18.0 Å². The molecule has 2 unspecified atom stereocenters. The molecule has 0 saturated carbocycles. The molecule has 0 bridgehead atoms. The third-order valence-corrected chi connectivity index (χ3v) is 2.88. The Balaban J connectivity index is 3.06. The molecule has 2 atom stereocenters. The molecular weight excluding hydrogens is 244 g/mol. The average molecular weight is 266 g/mol. The monoisotopic (exact) mass is 266 g/mol. The van der Waals surface area contributed by atoms with Crippen molar-refractivity contribution in [2.24, 2.45) is 0 Å². The number of carbonyl (C=O) groups excluding carboxylic acids is 1. The Morgan fingerprint density at radius 3 is 2.68 bits per heavy atom. The number of aliphatic hydroxyl groups excluding tert-OH is 1. The summed E-state index contributed by atoms with van der Waals surface area (Å²) in [6.07, 6.45) is -0.645. The molecule has 0 saturated heterocycles. The van der Waals surface area contributed by atoms with Crippen molar-refractivity contribution in [3.05, 3.63) is 23.8 Å². The molecule has 1 rings (SSSR count). The minimum absolute atomic E-state index is 0.0804. The Labute approximate surface area is 114 Å². The first-order valence-electron chi connectivity index (χ1n) is 6.39. The van der Waals surface area contributed by atoms with Crippen molar-refractivity contribution in [2.45, 2.75) is 32.9 Å². The molecule has 5 nitrogen and oxygen atoms in total. The minimum atomic E-state index is -0.645. The Kier molecular flexibility index (Phi) is 5.79. The van der Waals surface area contributed by atoms with Crippen LogP contribution in [0.15, 0.2) is 18.2 Å². The van der Waals surface area contributed by atoms with Crippen molar-refractivity contribution in [1.82, 2.24) is 5.32 Å². The Morgan fingerprint density at radius 2 is 2.16 bits per heavy atom. The van der Waals surface area contributed by atoms with Crippen molar-refractivity contribution < 1.29 is 14.6 Å². The lowest BCUT2D eigenvalue weighted by Crippen LogP contribution is -2.28. The van der Waals surface area contributed by atoms with Crippen molar-refractivity contribution in [3.8, 4) is 5.75 Å². The second-order valence-electron chi connectivity index (χ2n) is 4.39. The van der Waals surface area contributed by atoms with E-state index in [0.717, 1.165) is 5.56 Å². The summed E-state index contributed by atoms with van der Waals surface area (Å²) in [7, 11) is 1.79. The molecule has 19 heavy (non-hydrogen) atoms. The van der Waals surface area contributed by atoms with Gasteiger partial charge in [-0.15, -0.1) is 0 Å². The van der Waals surface area contributed by atoms with E-state index in [1.54, 1.807) is 25.2 Å². The standard InChI is InChI=1S/C14H22N2O3/c1-5-19-13-7-6-11(14(18)9(2)15-4)8-12(13)16-10(3)17/h6-9,14-15,18H,5H2,1-4H3,(H,16,17). The van der Waals surface area contributed by atoms with Gasteiger partial charge >= 0.3 is 0 Å². The van der Waals surface area contributed by atoms with E-state index in [-0.39, 0.29) is 11.9 Å². The normalized spacial score (nSPS) is 13.7. The molecule has 3 N–H and O–H groups in total. The maximum atomic E-state index is 11.2. The van der Waals surface area contributed by atoms with Crippen molar-refractivity contribution >= 4 is 11.6 Å². The van der Waals surface area contributed by atoms with Crippen LogP contribution in [0.25, 0.3) is 0 Å². The zero-order chi connectivity index (χ0) is 14.4. The fourth-order valence-electron chi connectivity index (χ4n) is 1.75. The van der Waals surface area contributed by atoms with Gasteiger partial charge in [0.15, 0.2) is 0 Å². The molecular formula is C14H22N2O3. The molecule has 5 heteroatoms. The number of rotatable bonds is 6. The van der Waals surface area contributed by atoms with Crippen LogP contribution in [-0.2, 0) is 4.79 Å². The van der Waals surface area contributed by atoms with Crippen molar-refractivity contribution in [3.63, 3.8) is 0 Å². The number of hydrogen-bond acceptors (Lipinski definition) is 4. The Bertz CT molecular complexity index is 435. The number of aliphatic hydroxyl groups is 1. The van der Waals surface area contributed by atoms with Crippen LogP contribution >= 0.6 is 0 Å². The van der Waals surface area contributed by atoms with Crippen LogP contribution in [0.3, 0.4) is 0 Å². The smallest absolute Gasteiger partial charge is 0.221 e.